The number of alkyl halides is 3. The average Bonchev–Trinajstić information content (AvgIpc) is 3.39. The summed E-state index contributed by atoms with van der Waals surface area (Å²) in [5, 5.41) is 21.7. The SMILES string of the molecule is Cc1c(C#N)cc(C(=O)O)c2oc(-c3ccc(NC(=O)CN4CCN(c5ccc(C(F)(F)F)cc5)CC4)cc3)nc12. The van der Waals surface area contributed by atoms with Gasteiger partial charge >= 0.3 is 12.1 Å². The number of nitrogens with zero attached hydrogens (tertiary/aromatic N) is 4. The number of piperazine rings is 1. The number of halogens is 3. The van der Waals surface area contributed by atoms with Crippen LogP contribution < -0.4 is 10.2 Å². The summed E-state index contributed by atoms with van der Waals surface area (Å²) in [6, 6.07) is 15.0. The number of benzene rings is 3. The van der Waals surface area contributed by atoms with Gasteiger partial charge in [-0.1, -0.05) is 0 Å². The second kappa shape index (κ2) is 10.9. The number of amides is 1. The molecule has 0 unspecified atom stereocenters. The van der Waals surface area contributed by atoms with Crippen LogP contribution in [0.4, 0.5) is 24.5 Å². The van der Waals surface area contributed by atoms with Gasteiger partial charge in [0.1, 0.15) is 11.1 Å². The number of aromatic carboxylic acids is 1. The number of carboxylic acids is 1. The van der Waals surface area contributed by atoms with Crippen molar-refractivity contribution in [1.29, 1.82) is 5.26 Å². The minimum absolute atomic E-state index is 0.0831. The molecule has 5 rings (SSSR count). The third kappa shape index (κ3) is 5.85. The third-order valence-electron chi connectivity index (χ3n) is 6.99. The number of rotatable bonds is 6. The second-order valence-corrected chi connectivity index (χ2v) is 9.64. The highest BCUT2D eigenvalue weighted by molar-refractivity contribution is 6.02. The molecule has 0 atom stereocenters. The van der Waals surface area contributed by atoms with Gasteiger partial charge in [-0.05, 0) is 67.1 Å². The van der Waals surface area contributed by atoms with Gasteiger partial charge in [0.05, 0.1) is 23.7 Å². The minimum Gasteiger partial charge on any atom is -0.478 e. The second-order valence-electron chi connectivity index (χ2n) is 9.64. The lowest BCUT2D eigenvalue weighted by Crippen LogP contribution is -2.48. The van der Waals surface area contributed by atoms with E-state index in [1.807, 2.05) is 15.9 Å². The van der Waals surface area contributed by atoms with Crippen LogP contribution in [0, 0.1) is 18.3 Å². The van der Waals surface area contributed by atoms with Gasteiger partial charge in [0.2, 0.25) is 11.8 Å². The van der Waals surface area contributed by atoms with Crippen LogP contribution in [0.5, 0.6) is 0 Å². The first-order chi connectivity index (χ1) is 19.5. The van der Waals surface area contributed by atoms with Gasteiger partial charge in [0.15, 0.2) is 5.58 Å². The van der Waals surface area contributed by atoms with Crippen LogP contribution in [-0.2, 0) is 11.0 Å². The van der Waals surface area contributed by atoms with Crippen molar-refractivity contribution in [3.05, 3.63) is 76.9 Å². The Hall–Kier alpha value is -4.89. The van der Waals surface area contributed by atoms with E-state index < -0.39 is 17.7 Å². The zero-order valence-corrected chi connectivity index (χ0v) is 21.8. The maximum atomic E-state index is 12.8. The topological polar surface area (TPSA) is 123 Å². The van der Waals surface area contributed by atoms with Gasteiger partial charge in [0.25, 0.3) is 0 Å². The van der Waals surface area contributed by atoms with Crippen molar-refractivity contribution >= 4 is 34.4 Å². The quantitative estimate of drug-likeness (QED) is 0.330. The van der Waals surface area contributed by atoms with Gasteiger partial charge in [-0.15, -0.1) is 0 Å². The van der Waals surface area contributed by atoms with E-state index in [0.717, 1.165) is 12.1 Å². The number of oxazole rings is 1. The number of nitriles is 1. The van der Waals surface area contributed by atoms with Crippen LogP contribution in [0.2, 0.25) is 0 Å². The number of aryl methyl sites for hydroxylation is 1. The molecule has 210 valence electrons. The highest BCUT2D eigenvalue weighted by Gasteiger charge is 2.30. The van der Waals surface area contributed by atoms with E-state index in [2.05, 4.69) is 10.3 Å². The van der Waals surface area contributed by atoms with E-state index in [-0.39, 0.29) is 35.1 Å². The smallest absolute Gasteiger partial charge is 0.416 e. The molecule has 2 heterocycles. The fraction of sp³-hybridized carbons (Fsp3) is 0.241. The number of carboxylic acid groups (broad SMARTS) is 1. The van der Waals surface area contributed by atoms with Crippen molar-refractivity contribution in [1.82, 2.24) is 9.88 Å². The normalized spacial score (nSPS) is 14.2. The van der Waals surface area contributed by atoms with E-state index in [1.165, 1.54) is 18.2 Å². The van der Waals surface area contributed by atoms with Gasteiger partial charge in [0, 0.05) is 43.1 Å². The Labute approximate surface area is 232 Å². The molecule has 1 fully saturated rings. The summed E-state index contributed by atoms with van der Waals surface area (Å²) in [5.41, 5.74) is 2.09. The van der Waals surface area contributed by atoms with Crippen molar-refractivity contribution in [3.63, 3.8) is 0 Å². The standard InChI is InChI=1S/C29H24F3N5O4/c1-17-19(15-33)14-23(28(39)40)26-25(17)35-27(41-26)18-2-6-21(7-3-18)34-24(38)16-36-10-12-37(13-11-36)22-8-4-20(5-9-22)29(30,31)32/h2-9,14H,10-13,16H2,1H3,(H,34,38)(H,39,40). The van der Waals surface area contributed by atoms with Crippen molar-refractivity contribution in [2.45, 2.75) is 13.1 Å². The molecule has 9 nitrogen and oxygen atoms in total. The number of carbonyl (C=O) groups excluding carboxylic acids is 1. The summed E-state index contributed by atoms with van der Waals surface area (Å²) in [7, 11) is 0. The molecule has 1 aliphatic rings. The summed E-state index contributed by atoms with van der Waals surface area (Å²) in [6.45, 7) is 4.15. The van der Waals surface area contributed by atoms with Crippen molar-refractivity contribution in [3.8, 4) is 17.5 Å². The van der Waals surface area contributed by atoms with Crippen LogP contribution in [0.15, 0.2) is 59.0 Å². The molecule has 1 aliphatic heterocycles. The van der Waals surface area contributed by atoms with Gasteiger partial charge in [-0.2, -0.15) is 18.4 Å². The maximum absolute atomic E-state index is 12.8. The molecular formula is C29H24F3N5O4. The number of fused-ring (bicyclic) bond motifs is 1. The van der Waals surface area contributed by atoms with Gasteiger partial charge in [-0.25, -0.2) is 9.78 Å². The van der Waals surface area contributed by atoms with Crippen LogP contribution in [0.1, 0.15) is 27.0 Å². The summed E-state index contributed by atoms with van der Waals surface area (Å²) in [6.07, 6.45) is -4.37. The molecule has 0 bridgehead atoms. The van der Waals surface area contributed by atoms with Crippen LogP contribution in [-0.4, -0.2) is 59.6 Å². The first-order valence-electron chi connectivity index (χ1n) is 12.7. The molecule has 0 radical (unpaired) electrons. The highest BCUT2D eigenvalue weighted by atomic mass is 19.4. The molecule has 1 amide bonds. The number of aromatic nitrogens is 1. The highest BCUT2D eigenvalue weighted by Crippen LogP contribution is 2.32. The Bertz CT molecular complexity index is 1650. The molecule has 1 saturated heterocycles. The van der Waals surface area contributed by atoms with E-state index in [9.17, 15) is 33.1 Å². The number of carbonyl (C=O) groups is 2. The lowest BCUT2D eigenvalue weighted by atomic mass is 10.0. The van der Waals surface area contributed by atoms with E-state index in [0.29, 0.717) is 54.2 Å². The lowest BCUT2D eigenvalue weighted by molar-refractivity contribution is -0.137. The molecule has 0 spiro atoms. The van der Waals surface area contributed by atoms with Crippen molar-refractivity contribution in [2.24, 2.45) is 0 Å². The van der Waals surface area contributed by atoms with Crippen LogP contribution in [0.25, 0.3) is 22.6 Å². The minimum atomic E-state index is -4.37. The molecule has 3 aromatic carbocycles. The van der Waals surface area contributed by atoms with E-state index in [4.69, 9.17) is 4.42 Å². The number of hydrogen-bond donors (Lipinski definition) is 2. The predicted molar refractivity (Wildman–Crippen MR) is 145 cm³/mol. The van der Waals surface area contributed by atoms with Crippen LogP contribution >= 0.6 is 0 Å². The number of anilines is 2. The largest absolute Gasteiger partial charge is 0.478 e. The zero-order chi connectivity index (χ0) is 29.3. The fourth-order valence-electron chi connectivity index (χ4n) is 4.73. The Kier molecular flexibility index (Phi) is 7.38. The predicted octanol–water partition coefficient (Wildman–Crippen LogP) is 5.15. The maximum Gasteiger partial charge on any atom is 0.416 e. The van der Waals surface area contributed by atoms with Crippen molar-refractivity contribution < 1.29 is 32.3 Å². The van der Waals surface area contributed by atoms with E-state index in [1.54, 1.807) is 31.2 Å². The fourth-order valence-corrected chi connectivity index (χ4v) is 4.73. The first kappa shape index (κ1) is 27.7. The van der Waals surface area contributed by atoms with Crippen molar-refractivity contribution in [2.75, 3.05) is 42.9 Å². The zero-order valence-electron chi connectivity index (χ0n) is 21.8. The Morgan fingerprint density at radius 1 is 1.07 bits per heavy atom. The van der Waals surface area contributed by atoms with Crippen LogP contribution in [0.3, 0.4) is 0 Å². The monoisotopic (exact) mass is 563 g/mol. The summed E-state index contributed by atoms with van der Waals surface area (Å²) in [5.74, 6) is -1.26. The molecular weight excluding hydrogens is 539 g/mol. The average molecular weight is 564 g/mol. The third-order valence-corrected chi connectivity index (χ3v) is 6.99. The molecule has 2 N–H and O–H groups in total. The van der Waals surface area contributed by atoms with E-state index >= 15 is 0 Å². The Morgan fingerprint density at radius 2 is 1.73 bits per heavy atom. The Morgan fingerprint density at radius 3 is 2.32 bits per heavy atom. The molecule has 0 aliphatic carbocycles. The Balaban J connectivity index is 1.19. The summed E-state index contributed by atoms with van der Waals surface area (Å²) in [4.78, 5) is 32.7. The van der Waals surface area contributed by atoms with Gasteiger partial charge in [-0.3, -0.25) is 9.69 Å². The lowest BCUT2D eigenvalue weighted by Gasteiger charge is -2.35. The first-order valence-corrected chi connectivity index (χ1v) is 12.7. The molecule has 41 heavy (non-hydrogen) atoms. The summed E-state index contributed by atoms with van der Waals surface area (Å²) < 4.78 is 44.2. The molecule has 4 aromatic rings. The molecule has 0 saturated carbocycles. The molecule has 12 heteroatoms. The van der Waals surface area contributed by atoms with Gasteiger partial charge < -0.3 is 19.7 Å². The number of nitrogens with one attached hydrogen (secondary N) is 1. The summed E-state index contributed by atoms with van der Waals surface area (Å²) >= 11 is 0. The number of hydrogen-bond acceptors (Lipinski definition) is 7. The molecule has 1 aromatic heterocycles.